The fourth-order valence-electron chi connectivity index (χ4n) is 3.89. The third-order valence-electron chi connectivity index (χ3n) is 5.59. The van der Waals surface area contributed by atoms with E-state index in [1.807, 2.05) is 11.0 Å². The summed E-state index contributed by atoms with van der Waals surface area (Å²) in [6.45, 7) is 4.87. The van der Waals surface area contributed by atoms with Crippen molar-refractivity contribution in [2.45, 2.75) is 12.8 Å². The summed E-state index contributed by atoms with van der Waals surface area (Å²) < 4.78 is 10.6. The molecule has 8 nitrogen and oxygen atoms in total. The molecule has 8 heteroatoms. The maximum absolute atomic E-state index is 12.9. The van der Waals surface area contributed by atoms with Crippen LogP contribution in [0.25, 0.3) is 0 Å². The smallest absolute Gasteiger partial charge is 0.254 e. The van der Waals surface area contributed by atoms with E-state index in [0.29, 0.717) is 30.2 Å². The fraction of sp³-hybridized carbons (Fsp3) is 0.476. The summed E-state index contributed by atoms with van der Waals surface area (Å²) in [5.74, 6) is 3.00. The summed E-state index contributed by atoms with van der Waals surface area (Å²) in [5.41, 5.74) is 0.603. The molecule has 0 radical (unpaired) electrons. The number of hydrogen-bond donors (Lipinski definition) is 0. The van der Waals surface area contributed by atoms with Gasteiger partial charge in [-0.2, -0.15) is 0 Å². The standard InChI is InChI=1S/C21H27N5O3/c1-28-17-6-5-16(15-18(17)29-2)21(27)26-13-11-25(12-14-26)20-8-7-19(22-23-20)24-9-3-4-10-24/h5-8,15H,3-4,9-14H2,1-2H3. The van der Waals surface area contributed by atoms with Crippen LogP contribution in [0.3, 0.4) is 0 Å². The zero-order chi connectivity index (χ0) is 20.2. The Morgan fingerprint density at radius 3 is 1.93 bits per heavy atom. The van der Waals surface area contributed by atoms with Crippen molar-refractivity contribution in [3.63, 3.8) is 0 Å². The third kappa shape index (κ3) is 4.06. The number of anilines is 2. The molecule has 1 amide bonds. The first-order valence-electron chi connectivity index (χ1n) is 10.0. The summed E-state index contributed by atoms with van der Waals surface area (Å²) in [6.07, 6.45) is 2.44. The molecule has 0 saturated carbocycles. The van der Waals surface area contributed by atoms with E-state index in [1.54, 1.807) is 32.4 Å². The highest BCUT2D eigenvalue weighted by Gasteiger charge is 2.24. The molecule has 2 saturated heterocycles. The summed E-state index contributed by atoms with van der Waals surface area (Å²) >= 11 is 0. The van der Waals surface area contributed by atoms with Crippen LogP contribution in [0.4, 0.5) is 11.6 Å². The highest BCUT2D eigenvalue weighted by Crippen LogP contribution is 2.28. The van der Waals surface area contributed by atoms with Gasteiger partial charge in [0.2, 0.25) is 0 Å². The van der Waals surface area contributed by atoms with Crippen molar-refractivity contribution in [1.29, 1.82) is 0 Å². The SMILES string of the molecule is COc1ccc(C(=O)N2CCN(c3ccc(N4CCCC4)nn3)CC2)cc1OC. The second-order valence-electron chi connectivity index (χ2n) is 7.29. The first kappa shape index (κ1) is 19.3. The molecule has 154 valence electrons. The van der Waals surface area contributed by atoms with E-state index in [-0.39, 0.29) is 5.91 Å². The van der Waals surface area contributed by atoms with Crippen molar-refractivity contribution in [2.75, 3.05) is 63.3 Å². The summed E-state index contributed by atoms with van der Waals surface area (Å²) in [6, 6.07) is 9.36. The molecule has 0 bridgehead atoms. The number of amides is 1. The lowest BCUT2D eigenvalue weighted by molar-refractivity contribution is 0.0746. The molecule has 4 rings (SSSR count). The Kier molecular flexibility index (Phi) is 5.69. The maximum atomic E-state index is 12.9. The molecule has 2 aliphatic rings. The van der Waals surface area contributed by atoms with Gasteiger partial charge in [0.25, 0.3) is 5.91 Å². The van der Waals surface area contributed by atoms with E-state index in [2.05, 4.69) is 26.1 Å². The predicted molar refractivity (Wildman–Crippen MR) is 111 cm³/mol. The van der Waals surface area contributed by atoms with Crippen LogP contribution in [0.15, 0.2) is 30.3 Å². The van der Waals surface area contributed by atoms with E-state index in [9.17, 15) is 4.79 Å². The molecular formula is C21H27N5O3. The molecule has 0 aliphatic carbocycles. The minimum atomic E-state index is 0.000989. The molecule has 0 atom stereocenters. The average molecular weight is 397 g/mol. The van der Waals surface area contributed by atoms with Crippen LogP contribution in [0.5, 0.6) is 11.5 Å². The minimum Gasteiger partial charge on any atom is -0.493 e. The molecule has 2 fully saturated rings. The summed E-state index contributed by atoms with van der Waals surface area (Å²) in [5, 5.41) is 8.82. The van der Waals surface area contributed by atoms with E-state index < -0.39 is 0 Å². The van der Waals surface area contributed by atoms with Crippen molar-refractivity contribution in [1.82, 2.24) is 15.1 Å². The number of benzene rings is 1. The number of rotatable bonds is 5. The Morgan fingerprint density at radius 2 is 1.38 bits per heavy atom. The summed E-state index contributed by atoms with van der Waals surface area (Å²) in [4.78, 5) is 19.2. The predicted octanol–water partition coefficient (Wildman–Crippen LogP) is 2.06. The van der Waals surface area contributed by atoms with Gasteiger partial charge in [-0.3, -0.25) is 4.79 Å². The van der Waals surface area contributed by atoms with Gasteiger partial charge >= 0.3 is 0 Å². The van der Waals surface area contributed by atoms with Crippen molar-refractivity contribution >= 4 is 17.5 Å². The van der Waals surface area contributed by atoms with Gasteiger partial charge in [-0.1, -0.05) is 0 Å². The zero-order valence-electron chi connectivity index (χ0n) is 17.0. The van der Waals surface area contributed by atoms with E-state index in [0.717, 1.165) is 37.8 Å². The molecule has 3 heterocycles. The lowest BCUT2D eigenvalue weighted by atomic mass is 10.1. The van der Waals surface area contributed by atoms with Gasteiger partial charge in [0.1, 0.15) is 0 Å². The second kappa shape index (κ2) is 8.55. The monoisotopic (exact) mass is 397 g/mol. The minimum absolute atomic E-state index is 0.000989. The Labute approximate surface area is 171 Å². The Balaban J connectivity index is 1.37. The van der Waals surface area contributed by atoms with Crippen molar-refractivity contribution in [3.05, 3.63) is 35.9 Å². The first-order valence-corrected chi connectivity index (χ1v) is 10.0. The van der Waals surface area contributed by atoms with Crippen LogP contribution < -0.4 is 19.3 Å². The van der Waals surface area contributed by atoms with Crippen LogP contribution in [0.2, 0.25) is 0 Å². The maximum Gasteiger partial charge on any atom is 0.254 e. The Hall–Kier alpha value is -3.03. The van der Waals surface area contributed by atoms with Gasteiger partial charge in [-0.25, -0.2) is 0 Å². The molecule has 1 aromatic heterocycles. The average Bonchev–Trinajstić information content (AvgIpc) is 3.33. The van der Waals surface area contributed by atoms with Crippen LogP contribution in [-0.2, 0) is 0 Å². The quantitative estimate of drug-likeness (QED) is 0.765. The van der Waals surface area contributed by atoms with Crippen molar-refractivity contribution < 1.29 is 14.3 Å². The third-order valence-corrected chi connectivity index (χ3v) is 5.59. The first-order chi connectivity index (χ1) is 14.2. The number of ether oxygens (including phenoxy) is 2. The molecule has 2 aromatic rings. The van der Waals surface area contributed by atoms with Crippen LogP contribution in [-0.4, -0.2) is 74.5 Å². The number of piperazine rings is 1. The molecule has 0 spiro atoms. The molecule has 2 aliphatic heterocycles. The van der Waals surface area contributed by atoms with Crippen LogP contribution in [0, 0.1) is 0 Å². The number of aromatic nitrogens is 2. The van der Waals surface area contributed by atoms with E-state index in [1.165, 1.54) is 12.8 Å². The molecule has 0 N–H and O–H groups in total. The molecular weight excluding hydrogens is 370 g/mol. The van der Waals surface area contributed by atoms with Gasteiger partial charge in [0.05, 0.1) is 14.2 Å². The number of hydrogen-bond acceptors (Lipinski definition) is 7. The van der Waals surface area contributed by atoms with Gasteiger partial charge in [0.15, 0.2) is 23.1 Å². The second-order valence-corrected chi connectivity index (χ2v) is 7.29. The van der Waals surface area contributed by atoms with Crippen molar-refractivity contribution in [3.8, 4) is 11.5 Å². The normalized spacial score (nSPS) is 16.8. The number of carbonyl (C=O) groups excluding carboxylic acids is 1. The number of nitrogens with zero attached hydrogens (tertiary/aromatic N) is 5. The van der Waals surface area contributed by atoms with E-state index >= 15 is 0 Å². The van der Waals surface area contributed by atoms with E-state index in [4.69, 9.17) is 9.47 Å². The Bertz CT molecular complexity index is 844. The molecule has 0 unspecified atom stereocenters. The topological polar surface area (TPSA) is 71.0 Å². The summed E-state index contributed by atoms with van der Waals surface area (Å²) in [7, 11) is 3.15. The zero-order valence-corrected chi connectivity index (χ0v) is 17.0. The highest BCUT2D eigenvalue weighted by atomic mass is 16.5. The van der Waals surface area contributed by atoms with Gasteiger partial charge in [-0.15, -0.1) is 10.2 Å². The lowest BCUT2D eigenvalue weighted by Crippen LogP contribution is -2.49. The van der Waals surface area contributed by atoms with Gasteiger partial charge < -0.3 is 24.2 Å². The Morgan fingerprint density at radius 1 is 0.793 bits per heavy atom. The largest absolute Gasteiger partial charge is 0.493 e. The lowest BCUT2D eigenvalue weighted by Gasteiger charge is -2.35. The fourth-order valence-corrected chi connectivity index (χ4v) is 3.89. The van der Waals surface area contributed by atoms with Crippen LogP contribution in [0.1, 0.15) is 23.2 Å². The van der Waals surface area contributed by atoms with Gasteiger partial charge in [-0.05, 0) is 43.2 Å². The number of methoxy groups -OCH3 is 2. The van der Waals surface area contributed by atoms with Crippen LogP contribution >= 0.6 is 0 Å². The van der Waals surface area contributed by atoms with Crippen molar-refractivity contribution in [2.24, 2.45) is 0 Å². The number of carbonyl (C=O) groups is 1. The van der Waals surface area contributed by atoms with Gasteiger partial charge in [0, 0.05) is 44.8 Å². The molecule has 29 heavy (non-hydrogen) atoms. The highest BCUT2D eigenvalue weighted by molar-refractivity contribution is 5.95. The molecule has 1 aromatic carbocycles.